The maximum atomic E-state index is 13.5. The van der Waals surface area contributed by atoms with Gasteiger partial charge < -0.3 is 14.8 Å². The Balaban J connectivity index is 1.50. The molecule has 5 heteroatoms. The van der Waals surface area contributed by atoms with Gasteiger partial charge in [0.15, 0.2) is 11.5 Å². The van der Waals surface area contributed by atoms with Gasteiger partial charge in [-0.1, -0.05) is 24.3 Å². The quantitative estimate of drug-likeness (QED) is 0.923. The number of carbonyl (C=O) groups is 1. The fourth-order valence-electron chi connectivity index (χ4n) is 2.44. The van der Waals surface area contributed by atoms with Crippen molar-refractivity contribution in [3.8, 4) is 11.5 Å². The van der Waals surface area contributed by atoms with E-state index in [4.69, 9.17) is 9.47 Å². The Labute approximate surface area is 134 Å². The average molecular weight is 315 g/mol. The molecule has 23 heavy (non-hydrogen) atoms. The number of rotatable bonds is 5. The van der Waals surface area contributed by atoms with Crippen LogP contribution in [0.3, 0.4) is 0 Å². The van der Waals surface area contributed by atoms with Gasteiger partial charge in [-0.2, -0.15) is 0 Å². The normalized spacial score (nSPS) is 12.7. The first-order valence-corrected chi connectivity index (χ1v) is 7.61. The van der Waals surface area contributed by atoms with E-state index in [1.165, 1.54) is 6.07 Å². The van der Waals surface area contributed by atoms with Crippen LogP contribution in [0.4, 0.5) is 4.39 Å². The summed E-state index contributed by atoms with van der Waals surface area (Å²) >= 11 is 0. The van der Waals surface area contributed by atoms with Crippen LogP contribution in [0, 0.1) is 5.82 Å². The Morgan fingerprint density at radius 3 is 2.70 bits per heavy atom. The van der Waals surface area contributed by atoms with E-state index in [1.54, 1.807) is 18.2 Å². The van der Waals surface area contributed by atoms with Crippen LogP contribution in [0.2, 0.25) is 0 Å². The molecule has 0 saturated carbocycles. The van der Waals surface area contributed by atoms with Crippen LogP contribution in [0.5, 0.6) is 11.5 Å². The number of halogens is 1. The maximum Gasteiger partial charge on any atom is 0.220 e. The molecule has 2 aromatic rings. The third-order valence-electron chi connectivity index (χ3n) is 3.68. The first-order valence-electron chi connectivity index (χ1n) is 7.61. The number of fused-ring (bicyclic) bond motifs is 1. The molecule has 0 aromatic heterocycles. The summed E-state index contributed by atoms with van der Waals surface area (Å²) in [5, 5.41) is 2.84. The minimum atomic E-state index is -0.271. The third kappa shape index (κ3) is 4.00. The van der Waals surface area contributed by atoms with Crippen LogP contribution in [0.15, 0.2) is 42.5 Å². The van der Waals surface area contributed by atoms with Crippen molar-refractivity contribution in [1.29, 1.82) is 0 Å². The number of amides is 1. The second kappa shape index (κ2) is 7.13. The smallest absolute Gasteiger partial charge is 0.220 e. The zero-order valence-electron chi connectivity index (χ0n) is 12.7. The predicted octanol–water partition coefficient (Wildman–Crippen LogP) is 2.85. The van der Waals surface area contributed by atoms with Gasteiger partial charge in [0.1, 0.15) is 19.0 Å². The molecule has 1 aliphatic rings. The number of ether oxygens (including phenoxy) is 2. The first-order chi connectivity index (χ1) is 11.2. The molecular formula is C18H18FNO3. The molecule has 3 rings (SSSR count). The van der Waals surface area contributed by atoms with Crippen molar-refractivity contribution in [1.82, 2.24) is 5.32 Å². The largest absolute Gasteiger partial charge is 0.486 e. The summed E-state index contributed by atoms with van der Waals surface area (Å²) in [6.07, 6.45) is 0.644. The molecule has 0 radical (unpaired) electrons. The van der Waals surface area contributed by atoms with E-state index >= 15 is 0 Å². The Morgan fingerprint density at radius 2 is 1.87 bits per heavy atom. The Kier molecular flexibility index (Phi) is 4.76. The van der Waals surface area contributed by atoms with E-state index in [1.807, 2.05) is 18.2 Å². The third-order valence-corrected chi connectivity index (χ3v) is 3.68. The molecule has 0 aliphatic carbocycles. The van der Waals surface area contributed by atoms with Crippen molar-refractivity contribution >= 4 is 5.91 Å². The summed E-state index contributed by atoms with van der Waals surface area (Å²) in [7, 11) is 0. The molecule has 0 atom stereocenters. The van der Waals surface area contributed by atoms with Gasteiger partial charge >= 0.3 is 0 Å². The Hall–Kier alpha value is -2.56. The number of hydrogen-bond donors (Lipinski definition) is 1. The lowest BCUT2D eigenvalue weighted by atomic mass is 10.1. The zero-order valence-corrected chi connectivity index (χ0v) is 12.7. The molecule has 0 unspecified atom stereocenters. The van der Waals surface area contributed by atoms with Crippen LogP contribution < -0.4 is 14.8 Å². The van der Waals surface area contributed by atoms with Crippen molar-refractivity contribution in [2.24, 2.45) is 0 Å². The van der Waals surface area contributed by atoms with E-state index in [9.17, 15) is 9.18 Å². The fourth-order valence-corrected chi connectivity index (χ4v) is 2.44. The first kappa shape index (κ1) is 15.3. The van der Waals surface area contributed by atoms with Gasteiger partial charge in [-0.3, -0.25) is 4.79 Å². The summed E-state index contributed by atoms with van der Waals surface area (Å²) in [4.78, 5) is 11.9. The molecule has 0 saturated heterocycles. The van der Waals surface area contributed by atoms with E-state index < -0.39 is 0 Å². The van der Waals surface area contributed by atoms with Gasteiger partial charge in [0.2, 0.25) is 5.91 Å². The van der Waals surface area contributed by atoms with Crippen molar-refractivity contribution in [3.05, 3.63) is 59.4 Å². The topological polar surface area (TPSA) is 47.6 Å². The zero-order chi connectivity index (χ0) is 16.1. The minimum absolute atomic E-state index is 0.108. The van der Waals surface area contributed by atoms with E-state index in [0.29, 0.717) is 37.5 Å². The molecule has 0 spiro atoms. The minimum Gasteiger partial charge on any atom is -0.486 e. The summed E-state index contributed by atoms with van der Waals surface area (Å²) in [6.45, 7) is 1.50. The molecule has 1 heterocycles. The van der Waals surface area contributed by atoms with E-state index in [2.05, 4.69) is 5.32 Å². The van der Waals surface area contributed by atoms with Crippen LogP contribution in [0.1, 0.15) is 17.5 Å². The van der Waals surface area contributed by atoms with Crippen molar-refractivity contribution in [3.63, 3.8) is 0 Å². The standard InChI is InChI=1S/C18H18FNO3/c19-15-4-2-1-3-14(15)6-8-18(21)20-12-13-5-7-16-17(11-13)23-10-9-22-16/h1-5,7,11H,6,8-10,12H2,(H,20,21). The number of benzene rings is 2. The van der Waals surface area contributed by atoms with Crippen LogP contribution >= 0.6 is 0 Å². The lowest BCUT2D eigenvalue weighted by Gasteiger charge is -2.19. The van der Waals surface area contributed by atoms with Gasteiger partial charge in [-0.15, -0.1) is 0 Å². The summed E-state index contributed by atoms with van der Waals surface area (Å²) < 4.78 is 24.5. The van der Waals surface area contributed by atoms with Crippen LogP contribution in [0.25, 0.3) is 0 Å². The molecule has 0 fully saturated rings. The second-order valence-electron chi connectivity index (χ2n) is 5.35. The van der Waals surface area contributed by atoms with Gasteiger partial charge in [-0.25, -0.2) is 4.39 Å². The molecule has 0 bridgehead atoms. The number of aryl methyl sites for hydroxylation is 1. The molecule has 2 aromatic carbocycles. The molecular weight excluding hydrogens is 297 g/mol. The number of nitrogens with one attached hydrogen (secondary N) is 1. The monoisotopic (exact) mass is 315 g/mol. The Morgan fingerprint density at radius 1 is 1.09 bits per heavy atom. The average Bonchev–Trinajstić information content (AvgIpc) is 2.59. The van der Waals surface area contributed by atoms with Gasteiger partial charge in [0.25, 0.3) is 0 Å². The second-order valence-corrected chi connectivity index (χ2v) is 5.35. The summed E-state index contributed by atoms with van der Waals surface area (Å²) in [5.74, 6) is 1.05. The highest BCUT2D eigenvalue weighted by Gasteiger charge is 2.12. The molecule has 1 N–H and O–H groups in total. The molecule has 120 valence electrons. The van der Waals surface area contributed by atoms with Crippen molar-refractivity contribution in [2.75, 3.05) is 13.2 Å². The van der Waals surface area contributed by atoms with Crippen LogP contribution in [-0.2, 0) is 17.8 Å². The van der Waals surface area contributed by atoms with Crippen LogP contribution in [-0.4, -0.2) is 19.1 Å². The van der Waals surface area contributed by atoms with E-state index in [0.717, 1.165) is 11.3 Å². The maximum absolute atomic E-state index is 13.5. The fraction of sp³-hybridized carbons (Fsp3) is 0.278. The molecule has 1 amide bonds. The summed E-state index contributed by atoms with van der Waals surface area (Å²) in [5.41, 5.74) is 1.50. The highest BCUT2D eigenvalue weighted by molar-refractivity contribution is 5.76. The SMILES string of the molecule is O=C(CCc1ccccc1F)NCc1ccc2c(c1)OCCO2. The lowest BCUT2D eigenvalue weighted by molar-refractivity contribution is -0.121. The summed E-state index contributed by atoms with van der Waals surface area (Å²) in [6, 6.07) is 12.1. The van der Waals surface area contributed by atoms with Gasteiger partial charge in [0, 0.05) is 13.0 Å². The number of carbonyl (C=O) groups excluding carboxylic acids is 1. The highest BCUT2D eigenvalue weighted by Crippen LogP contribution is 2.30. The number of hydrogen-bond acceptors (Lipinski definition) is 3. The van der Waals surface area contributed by atoms with Crippen molar-refractivity contribution in [2.45, 2.75) is 19.4 Å². The van der Waals surface area contributed by atoms with Gasteiger partial charge in [0.05, 0.1) is 0 Å². The van der Waals surface area contributed by atoms with E-state index in [-0.39, 0.29) is 18.1 Å². The predicted molar refractivity (Wildman–Crippen MR) is 84.0 cm³/mol. The lowest BCUT2D eigenvalue weighted by Crippen LogP contribution is -2.23. The van der Waals surface area contributed by atoms with Crippen molar-refractivity contribution < 1.29 is 18.7 Å². The Bertz CT molecular complexity index is 702. The highest BCUT2D eigenvalue weighted by atomic mass is 19.1. The molecule has 4 nitrogen and oxygen atoms in total. The molecule has 1 aliphatic heterocycles. The van der Waals surface area contributed by atoms with Gasteiger partial charge in [-0.05, 0) is 35.7 Å².